The highest BCUT2D eigenvalue weighted by molar-refractivity contribution is 7.15. The number of aromatic nitrogens is 2. The van der Waals surface area contributed by atoms with Crippen LogP contribution in [0.15, 0.2) is 0 Å². The molecule has 0 radical (unpaired) electrons. The summed E-state index contributed by atoms with van der Waals surface area (Å²) in [5, 5.41) is 22.2. The van der Waals surface area contributed by atoms with Crippen LogP contribution in [-0.2, 0) is 4.79 Å². The van der Waals surface area contributed by atoms with Crippen molar-refractivity contribution < 1.29 is 14.7 Å². The fourth-order valence-corrected chi connectivity index (χ4v) is 1.77. The smallest absolute Gasteiger partial charge is 0.326 e. The van der Waals surface area contributed by atoms with Gasteiger partial charge in [-0.1, -0.05) is 24.7 Å². The van der Waals surface area contributed by atoms with E-state index >= 15 is 0 Å². The second-order valence-electron chi connectivity index (χ2n) is 3.40. The third-order valence-corrected chi connectivity index (χ3v) is 2.68. The van der Waals surface area contributed by atoms with Gasteiger partial charge >= 0.3 is 12.0 Å². The van der Waals surface area contributed by atoms with Crippen LogP contribution < -0.4 is 10.6 Å². The number of carbonyl (C=O) groups excluding carboxylic acids is 1. The lowest BCUT2D eigenvalue weighted by atomic mass is 10.2. The van der Waals surface area contributed by atoms with Gasteiger partial charge in [0, 0.05) is 0 Å². The summed E-state index contributed by atoms with van der Waals surface area (Å²) in [6.45, 7) is 3.61. The van der Waals surface area contributed by atoms with Crippen molar-refractivity contribution in [3.63, 3.8) is 0 Å². The molecule has 1 aromatic rings. The van der Waals surface area contributed by atoms with E-state index in [1.165, 1.54) is 11.3 Å². The van der Waals surface area contributed by atoms with Gasteiger partial charge in [-0.05, 0) is 13.3 Å². The molecule has 0 aliphatic rings. The van der Waals surface area contributed by atoms with E-state index in [4.69, 9.17) is 5.11 Å². The molecule has 1 heterocycles. The second kappa shape index (κ2) is 6.14. The molecule has 1 aromatic heterocycles. The fraction of sp³-hybridized carbons (Fsp3) is 0.556. The van der Waals surface area contributed by atoms with Crippen molar-refractivity contribution in [3.8, 4) is 0 Å². The van der Waals surface area contributed by atoms with Crippen LogP contribution in [0.3, 0.4) is 0 Å². The zero-order valence-electron chi connectivity index (χ0n) is 9.56. The Morgan fingerprint density at radius 2 is 2.18 bits per heavy atom. The molecule has 0 aromatic carbocycles. The number of carboxylic acids is 1. The minimum Gasteiger partial charge on any atom is -0.480 e. The van der Waals surface area contributed by atoms with E-state index in [0.717, 1.165) is 5.01 Å². The summed E-state index contributed by atoms with van der Waals surface area (Å²) in [4.78, 5) is 22.3. The first-order valence-electron chi connectivity index (χ1n) is 5.13. The standard InChI is InChI=1S/C9H14N4O3S/c1-3-4-6(7(14)15)10-8(16)11-9-13-12-5(2)17-9/h6H,3-4H2,1-2H3,(H,14,15)(H2,10,11,13,16). The Morgan fingerprint density at radius 3 is 2.65 bits per heavy atom. The van der Waals surface area contributed by atoms with Gasteiger partial charge in [-0.3, -0.25) is 5.32 Å². The lowest BCUT2D eigenvalue weighted by Gasteiger charge is -2.12. The number of carboxylic acid groups (broad SMARTS) is 1. The lowest BCUT2D eigenvalue weighted by Crippen LogP contribution is -2.42. The van der Waals surface area contributed by atoms with Gasteiger partial charge in [0.15, 0.2) is 0 Å². The van der Waals surface area contributed by atoms with Crippen LogP contribution in [0.5, 0.6) is 0 Å². The van der Waals surface area contributed by atoms with Crippen LogP contribution in [0.1, 0.15) is 24.8 Å². The zero-order valence-corrected chi connectivity index (χ0v) is 10.4. The highest BCUT2D eigenvalue weighted by Crippen LogP contribution is 2.13. The van der Waals surface area contributed by atoms with Crippen LogP contribution in [-0.4, -0.2) is 33.3 Å². The minimum absolute atomic E-state index is 0.348. The molecule has 8 heteroatoms. The number of hydrogen-bond acceptors (Lipinski definition) is 5. The first kappa shape index (κ1) is 13.4. The maximum atomic E-state index is 11.5. The Bertz CT molecular complexity index is 407. The van der Waals surface area contributed by atoms with Crippen molar-refractivity contribution in [1.82, 2.24) is 15.5 Å². The Balaban J connectivity index is 2.50. The Kier molecular flexibility index (Phi) is 4.83. The van der Waals surface area contributed by atoms with Gasteiger partial charge in [-0.2, -0.15) is 0 Å². The highest BCUT2D eigenvalue weighted by Gasteiger charge is 2.19. The molecule has 94 valence electrons. The van der Waals surface area contributed by atoms with E-state index in [0.29, 0.717) is 18.0 Å². The monoisotopic (exact) mass is 258 g/mol. The predicted molar refractivity (Wildman–Crippen MR) is 63.1 cm³/mol. The van der Waals surface area contributed by atoms with E-state index in [-0.39, 0.29) is 0 Å². The summed E-state index contributed by atoms with van der Waals surface area (Å²) in [6, 6.07) is -1.46. The quantitative estimate of drug-likeness (QED) is 0.736. The molecule has 0 bridgehead atoms. The molecule has 0 saturated heterocycles. The second-order valence-corrected chi connectivity index (χ2v) is 4.59. The number of carbonyl (C=O) groups is 2. The third-order valence-electron chi connectivity index (χ3n) is 1.93. The number of urea groups is 1. The maximum Gasteiger partial charge on any atom is 0.326 e. The van der Waals surface area contributed by atoms with E-state index in [9.17, 15) is 9.59 Å². The van der Waals surface area contributed by atoms with E-state index in [1.54, 1.807) is 6.92 Å². The Morgan fingerprint density at radius 1 is 1.47 bits per heavy atom. The lowest BCUT2D eigenvalue weighted by molar-refractivity contribution is -0.139. The minimum atomic E-state index is -1.05. The van der Waals surface area contributed by atoms with Crippen molar-refractivity contribution in [2.75, 3.05) is 5.32 Å². The van der Waals surface area contributed by atoms with Crippen molar-refractivity contribution in [2.24, 2.45) is 0 Å². The summed E-state index contributed by atoms with van der Waals surface area (Å²) in [5.41, 5.74) is 0. The first-order chi connectivity index (χ1) is 8.02. The molecule has 0 aliphatic heterocycles. The molecule has 1 unspecified atom stereocenters. The predicted octanol–water partition coefficient (Wildman–Crippen LogP) is 1.22. The van der Waals surface area contributed by atoms with Crippen molar-refractivity contribution >= 4 is 28.5 Å². The fourth-order valence-electron chi connectivity index (χ4n) is 1.18. The number of nitrogens with zero attached hydrogens (tertiary/aromatic N) is 2. The normalized spacial score (nSPS) is 11.9. The van der Waals surface area contributed by atoms with E-state index in [1.807, 2.05) is 6.92 Å². The third kappa shape index (κ3) is 4.35. The molecular formula is C9H14N4O3S. The number of nitrogens with one attached hydrogen (secondary N) is 2. The van der Waals surface area contributed by atoms with Crippen LogP contribution in [0.25, 0.3) is 0 Å². The number of aliphatic carboxylic acids is 1. The van der Waals surface area contributed by atoms with Crippen LogP contribution >= 0.6 is 11.3 Å². The molecule has 2 amide bonds. The number of aryl methyl sites for hydroxylation is 1. The summed E-state index contributed by atoms with van der Waals surface area (Å²) < 4.78 is 0. The molecule has 7 nitrogen and oxygen atoms in total. The maximum absolute atomic E-state index is 11.5. The van der Waals surface area contributed by atoms with E-state index in [2.05, 4.69) is 20.8 Å². The largest absolute Gasteiger partial charge is 0.480 e. The topological polar surface area (TPSA) is 104 Å². The average Bonchev–Trinajstić information content (AvgIpc) is 2.63. The van der Waals surface area contributed by atoms with Gasteiger partial charge in [-0.25, -0.2) is 9.59 Å². The van der Waals surface area contributed by atoms with Crippen molar-refractivity contribution in [3.05, 3.63) is 5.01 Å². The van der Waals surface area contributed by atoms with Gasteiger partial charge in [0.2, 0.25) is 5.13 Å². The Labute approximate surface area is 102 Å². The van der Waals surface area contributed by atoms with Gasteiger partial charge in [-0.15, -0.1) is 10.2 Å². The summed E-state index contributed by atoms with van der Waals surface area (Å²) in [6.07, 6.45) is 1.06. The molecule has 1 atom stereocenters. The summed E-state index contributed by atoms with van der Waals surface area (Å²) >= 11 is 1.22. The number of anilines is 1. The van der Waals surface area contributed by atoms with Crippen LogP contribution in [0.4, 0.5) is 9.93 Å². The molecule has 0 spiro atoms. The van der Waals surface area contributed by atoms with E-state index < -0.39 is 18.0 Å². The molecule has 17 heavy (non-hydrogen) atoms. The van der Waals surface area contributed by atoms with Gasteiger partial charge in [0.25, 0.3) is 0 Å². The average molecular weight is 258 g/mol. The number of amides is 2. The molecule has 0 saturated carbocycles. The first-order valence-corrected chi connectivity index (χ1v) is 5.95. The Hall–Kier alpha value is -1.70. The summed E-state index contributed by atoms with van der Waals surface area (Å²) in [5.74, 6) is -1.05. The number of rotatable bonds is 5. The van der Waals surface area contributed by atoms with Gasteiger partial charge in [0.05, 0.1) is 0 Å². The van der Waals surface area contributed by atoms with Crippen LogP contribution in [0.2, 0.25) is 0 Å². The van der Waals surface area contributed by atoms with Gasteiger partial charge < -0.3 is 10.4 Å². The summed E-state index contributed by atoms with van der Waals surface area (Å²) in [7, 11) is 0. The van der Waals surface area contributed by atoms with Crippen molar-refractivity contribution in [1.29, 1.82) is 0 Å². The highest BCUT2D eigenvalue weighted by atomic mass is 32.1. The molecule has 3 N–H and O–H groups in total. The number of hydrogen-bond donors (Lipinski definition) is 3. The molecule has 0 fully saturated rings. The van der Waals surface area contributed by atoms with Gasteiger partial charge in [0.1, 0.15) is 11.0 Å². The van der Waals surface area contributed by atoms with Crippen LogP contribution in [0, 0.1) is 6.92 Å². The SMILES string of the molecule is CCCC(NC(=O)Nc1nnc(C)s1)C(=O)O. The molecular weight excluding hydrogens is 244 g/mol. The molecule has 1 rings (SSSR count). The zero-order chi connectivity index (χ0) is 12.8. The molecule has 0 aliphatic carbocycles. The van der Waals surface area contributed by atoms with Crippen molar-refractivity contribution in [2.45, 2.75) is 32.7 Å².